The molecule has 0 aliphatic heterocycles. The maximum atomic E-state index is 11.6. The van der Waals surface area contributed by atoms with Crippen LogP contribution in [-0.4, -0.2) is 42.1 Å². The fourth-order valence-corrected chi connectivity index (χ4v) is 1.61. The molecule has 0 bridgehead atoms. The Morgan fingerprint density at radius 2 is 2.00 bits per heavy atom. The van der Waals surface area contributed by atoms with E-state index in [4.69, 9.17) is 0 Å². The van der Waals surface area contributed by atoms with Gasteiger partial charge in [-0.1, -0.05) is 0 Å². The number of amides is 2. The van der Waals surface area contributed by atoms with E-state index in [9.17, 15) is 4.79 Å². The molecule has 3 nitrogen and oxygen atoms in total. The molecule has 0 aliphatic carbocycles. The summed E-state index contributed by atoms with van der Waals surface area (Å²) >= 11 is 1.81. The Kier molecular flexibility index (Phi) is 6.79. The zero-order chi connectivity index (χ0) is 11.1. The molecule has 0 heterocycles. The van der Waals surface area contributed by atoms with Gasteiger partial charge in [-0.25, -0.2) is 4.79 Å². The van der Waals surface area contributed by atoms with Crippen molar-refractivity contribution in [2.45, 2.75) is 39.3 Å². The van der Waals surface area contributed by atoms with E-state index in [0.717, 1.165) is 12.2 Å². The van der Waals surface area contributed by atoms with Crippen LogP contribution in [0.25, 0.3) is 0 Å². The van der Waals surface area contributed by atoms with Crippen LogP contribution in [0.15, 0.2) is 0 Å². The average molecular weight is 218 g/mol. The molecule has 1 atom stereocenters. The normalized spacial score (nSPS) is 12.7. The van der Waals surface area contributed by atoms with Gasteiger partial charge in [-0.2, -0.15) is 11.8 Å². The van der Waals surface area contributed by atoms with Crippen molar-refractivity contribution in [3.05, 3.63) is 0 Å². The Balaban J connectivity index is 3.90. The van der Waals surface area contributed by atoms with Crippen LogP contribution in [0.4, 0.5) is 4.79 Å². The largest absolute Gasteiger partial charge is 0.336 e. The zero-order valence-corrected chi connectivity index (χ0v) is 10.6. The molecule has 0 saturated carbocycles. The van der Waals surface area contributed by atoms with E-state index >= 15 is 0 Å². The second-order valence-corrected chi connectivity index (χ2v) is 4.83. The lowest BCUT2D eigenvalue weighted by Crippen LogP contribution is -2.45. The van der Waals surface area contributed by atoms with Crippen molar-refractivity contribution in [2.24, 2.45) is 0 Å². The number of hydrogen-bond acceptors (Lipinski definition) is 2. The Hall–Kier alpha value is -0.380. The first-order valence-electron chi connectivity index (χ1n) is 5.01. The summed E-state index contributed by atoms with van der Waals surface area (Å²) in [4.78, 5) is 13.3. The van der Waals surface area contributed by atoms with Gasteiger partial charge in [-0.05, 0) is 39.2 Å². The number of carbonyl (C=O) groups excluding carboxylic acids is 1. The maximum absolute atomic E-state index is 11.6. The fraction of sp³-hybridized carbons (Fsp3) is 0.900. The molecule has 0 saturated heterocycles. The predicted octanol–water partition coefficient (Wildman–Crippen LogP) is 2.18. The maximum Gasteiger partial charge on any atom is 0.317 e. The van der Waals surface area contributed by atoms with Gasteiger partial charge in [0, 0.05) is 19.1 Å². The van der Waals surface area contributed by atoms with Gasteiger partial charge in [0.1, 0.15) is 0 Å². The Morgan fingerprint density at radius 1 is 1.43 bits per heavy atom. The zero-order valence-electron chi connectivity index (χ0n) is 9.83. The summed E-state index contributed by atoms with van der Waals surface area (Å²) in [5, 5.41) is 2.88. The minimum atomic E-state index is 0.0219. The SMILES string of the molecule is CSCCC(C)N(C)C(=O)NC(C)C. The minimum Gasteiger partial charge on any atom is -0.336 e. The van der Waals surface area contributed by atoms with Gasteiger partial charge >= 0.3 is 6.03 Å². The first-order valence-corrected chi connectivity index (χ1v) is 6.40. The lowest BCUT2D eigenvalue weighted by molar-refractivity contribution is 0.190. The van der Waals surface area contributed by atoms with Gasteiger partial charge in [-0.3, -0.25) is 0 Å². The quantitative estimate of drug-likeness (QED) is 0.767. The van der Waals surface area contributed by atoms with Crippen molar-refractivity contribution in [2.75, 3.05) is 19.1 Å². The molecule has 0 aliphatic rings. The molecule has 2 amide bonds. The molecule has 0 aromatic heterocycles. The molecule has 1 N–H and O–H groups in total. The van der Waals surface area contributed by atoms with E-state index in [2.05, 4.69) is 18.5 Å². The molecular weight excluding hydrogens is 196 g/mol. The number of urea groups is 1. The van der Waals surface area contributed by atoms with Crippen LogP contribution in [0, 0.1) is 0 Å². The van der Waals surface area contributed by atoms with Gasteiger partial charge in [0.15, 0.2) is 0 Å². The highest BCUT2D eigenvalue weighted by atomic mass is 32.2. The smallest absolute Gasteiger partial charge is 0.317 e. The summed E-state index contributed by atoms with van der Waals surface area (Å²) in [6.45, 7) is 6.02. The summed E-state index contributed by atoms with van der Waals surface area (Å²) in [5.74, 6) is 1.10. The van der Waals surface area contributed by atoms with Crippen molar-refractivity contribution < 1.29 is 4.79 Å². The molecule has 0 fully saturated rings. The van der Waals surface area contributed by atoms with Gasteiger partial charge in [-0.15, -0.1) is 0 Å². The summed E-state index contributed by atoms with van der Waals surface area (Å²) in [6.07, 6.45) is 3.13. The third kappa shape index (κ3) is 5.37. The molecule has 0 rings (SSSR count). The molecule has 1 unspecified atom stereocenters. The van der Waals surface area contributed by atoms with Crippen LogP contribution in [0.1, 0.15) is 27.2 Å². The van der Waals surface area contributed by atoms with Crippen LogP contribution in [0.3, 0.4) is 0 Å². The van der Waals surface area contributed by atoms with E-state index in [-0.39, 0.29) is 12.1 Å². The van der Waals surface area contributed by atoms with Crippen molar-refractivity contribution in [3.8, 4) is 0 Å². The van der Waals surface area contributed by atoms with Gasteiger partial charge in [0.05, 0.1) is 0 Å². The third-order valence-electron chi connectivity index (χ3n) is 2.13. The Morgan fingerprint density at radius 3 is 2.43 bits per heavy atom. The molecule has 4 heteroatoms. The van der Waals surface area contributed by atoms with Crippen molar-refractivity contribution in [1.29, 1.82) is 0 Å². The second kappa shape index (κ2) is 6.98. The van der Waals surface area contributed by atoms with Gasteiger partial charge in [0.25, 0.3) is 0 Å². The fourth-order valence-electron chi connectivity index (χ4n) is 1.03. The van der Waals surface area contributed by atoms with E-state index in [1.54, 1.807) is 4.90 Å². The predicted molar refractivity (Wildman–Crippen MR) is 63.9 cm³/mol. The first kappa shape index (κ1) is 13.6. The van der Waals surface area contributed by atoms with Crippen LogP contribution in [-0.2, 0) is 0 Å². The molecule has 0 radical (unpaired) electrons. The van der Waals surface area contributed by atoms with E-state index in [0.29, 0.717) is 6.04 Å². The lowest BCUT2D eigenvalue weighted by Gasteiger charge is -2.26. The number of carbonyl (C=O) groups is 1. The number of rotatable bonds is 5. The average Bonchev–Trinajstić information content (AvgIpc) is 2.11. The Bertz CT molecular complexity index is 174. The monoisotopic (exact) mass is 218 g/mol. The third-order valence-corrected chi connectivity index (χ3v) is 2.78. The van der Waals surface area contributed by atoms with Crippen LogP contribution >= 0.6 is 11.8 Å². The second-order valence-electron chi connectivity index (χ2n) is 3.85. The van der Waals surface area contributed by atoms with Crippen molar-refractivity contribution in [3.63, 3.8) is 0 Å². The van der Waals surface area contributed by atoms with E-state index in [1.165, 1.54) is 0 Å². The highest BCUT2D eigenvalue weighted by Crippen LogP contribution is 2.06. The van der Waals surface area contributed by atoms with Crippen molar-refractivity contribution >= 4 is 17.8 Å². The molecule has 0 spiro atoms. The van der Waals surface area contributed by atoms with Crippen LogP contribution in [0.5, 0.6) is 0 Å². The van der Waals surface area contributed by atoms with Crippen LogP contribution < -0.4 is 5.32 Å². The van der Waals surface area contributed by atoms with Crippen LogP contribution in [0.2, 0.25) is 0 Å². The number of nitrogens with zero attached hydrogens (tertiary/aromatic N) is 1. The summed E-state index contributed by atoms with van der Waals surface area (Å²) in [7, 11) is 1.85. The molecule has 0 aromatic rings. The van der Waals surface area contributed by atoms with Gasteiger partial charge < -0.3 is 10.2 Å². The number of thioether (sulfide) groups is 1. The number of hydrogen-bond donors (Lipinski definition) is 1. The summed E-state index contributed by atoms with van der Waals surface area (Å²) in [5.41, 5.74) is 0. The topological polar surface area (TPSA) is 32.3 Å². The first-order chi connectivity index (χ1) is 6.49. The van der Waals surface area contributed by atoms with Crippen molar-refractivity contribution in [1.82, 2.24) is 10.2 Å². The lowest BCUT2D eigenvalue weighted by atomic mass is 10.2. The number of nitrogens with one attached hydrogen (secondary N) is 1. The van der Waals surface area contributed by atoms with E-state index in [1.807, 2.05) is 32.7 Å². The Labute approximate surface area is 91.6 Å². The summed E-state index contributed by atoms with van der Waals surface area (Å²) in [6, 6.07) is 0.535. The summed E-state index contributed by atoms with van der Waals surface area (Å²) < 4.78 is 0. The minimum absolute atomic E-state index is 0.0219. The molecule has 0 aromatic carbocycles. The molecular formula is C10H22N2OS. The molecule has 84 valence electrons. The molecule has 14 heavy (non-hydrogen) atoms. The highest BCUT2D eigenvalue weighted by molar-refractivity contribution is 7.98. The van der Waals surface area contributed by atoms with E-state index < -0.39 is 0 Å². The highest BCUT2D eigenvalue weighted by Gasteiger charge is 2.15. The standard InChI is InChI=1S/C10H22N2OS/c1-8(2)11-10(13)12(4)9(3)6-7-14-5/h8-9H,6-7H2,1-5H3,(H,11,13). The van der Waals surface area contributed by atoms with Gasteiger partial charge in [0.2, 0.25) is 0 Å².